The molecule has 0 spiro atoms. The molecule has 1 amide bonds. The summed E-state index contributed by atoms with van der Waals surface area (Å²) in [6, 6.07) is 13.6. The van der Waals surface area contributed by atoms with Crippen molar-refractivity contribution in [2.24, 2.45) is 0 Å². The normalized spacial score (nSPS) is 12.9. The first-order valence-corrected chi connectivity index (χ1v) is 7.53. The van der Waals surface area contributed by atoms with Crippen molar-refractivity contribution >= 4 is 11.6 Å². The molecule has 4 rings (SSSR count). The molecular weight excluding hydrogens is 288 g/mol. The topological polar surface area (TPSA) is 69.8 Å². The maximum atomic E-state index is 12.6. The van der Waals surface area contributed by atoms with Gasteiger partial charge in [-0.05, 0) is 29.3 Å². The molecular formula is C18H16N4O. The minimum atomic E-state index is -0.101. The Labute approximate surface area is 133 Å². The number of fused-ring (bicyclic) bond motifs is 1. The number of carbonyl (C=O) groups excluding carboxylic acids is 1. The van der Waals surface area contributed by atoms with Crippen LogP contribution in [0.5, 0.6) is 0 Å². The molecule has 0 radical (unpaired) electrons. The fraction of sp³-hybridized carbons (Fsp3) is 0.111. The molecule has 1 aromatic heterocycles. The van der Waals surface area contributed by atoms with Crippen LogP contribution in [-0.2, 0) is 13.1 Å². The molecule has 0 aliphatic carbocycles. The summed E-state index contributed by atoms with van der Waals surface area (Å²) in [4.78, 5) is 12.6. The molecule has 0 bridgehead atoms. The number of amides is 1. The molecule has 0 atom stereocenters. The Kier molecular flexibility index (Phi) is 3.40. The first-order valence-electron chi connectivity index (χ1n) is 7.53. The minimum Gasteiger partial charge on any atom is -0.321 e. The average Bonchev–Trinajstić information content (AvgIpc) is 3.26. The van der Waals surface area contributed by atoms with E-state index >= 15 is 0 Å². The number of benzene rings is 2. The highest BCUT2D eigenvalue weighted by Gasteiger charge is 2.15. The van der Waals surface area contributed by atoms with Crippen LogP contribution in [0, 0.1) is 0 Å². The lowest BCUT2D eigenvalue weighted by Gasteiger charge is -2.10. The lowest BCUT2D eigenvalue weighted by atomic mass is 10.0. The summed E-state index contributed by atoms with van der Waals surface area (Å²) in [5, 5.41) is 13.1. The number of nitrogens with one attached hydrogen (secondary N) is 3. The SMILES string of the molecule is O=C(Nc1ccccc1-c1cn[nH]c1)c1ccc2c(c1)CNC2. The Balaban J connectivity index is 1.62. The van der Waals surface area contributed by atoms with Crippen LogP contribution in [0.4, 0.5) is 5.69 Å². The summed E-state index contributed by atoms with van der Waals surface area (Å²) in [5.41, 5.74) is 5.80. The molecule has 0 saturated carbocycles. The Morgan fingerprint density at radius 1 is 1.09 bits per heavy atom. The number of aromatic amines is 1. The maximum Gasteiger partial charge on any atom is 0.255 e. The molecule has 2 heterocycles. The summed E-state index contributed by atoms with van der Waals surface area (Å²) < 4.78 is 0. The summed E-state index contributed by atoms with van der Waals surface area (Å²) in [6.07, 6.45) is 3.55. The smallest absolute Gasteiger partial charge is 0.255 e. The lowest BCUT2D eigenvalue weighted by molar-refractivity contribution is 0.102. The lowest BCUT2D eigenvalue weighted by Crippen LogP contribution is -2.13. The Morgan fingerprint density at radius 2 is 1.96 bits per heavy atom. The van der Waals surface area contributed by atoms with Gasteiger partial charge in [0, 0.05) is 41.7 Å². The molecule has 0 fully saturated rings. The van der Waals surface area contributed by atoms with Crippen molar-refractivity contribution < 1.29 is 4.79 Å². The molecule has 3 aromatic rings. The van der Waals surface area contributed by atoms with Crippen molar-refractivity contribution in [3.8, 4) is 11.1 Å². The predicted molar refractivity (Wildman–Crippen MR) is 89.0 cm³/mol. The van der Waals surface area contributed by atoms with E-state index in [9.17, 15) is 4.79 Å². The van der Waals surface area contributed by atoms with Gasteiger partial charge in [0.15, 0.2) is 0 Å². The van der Waals surface area contributed by atoms with Crippen molar-refractivity contribution in [1.29, 1.82) is 0 Å². The van der Waals surface area contributed by atoms with Crippen molar-refractivity contribution in [3.63, 3.8) is 0 Å². The second-order valence-electron chi connectivity index (χ2n) is 5.57. The highest BCUT2D eigenvalue weighted by molar-refractivity contribution is 6.06. The van der Waals surface area contributed by atoms with Crippen LogP contribution < -0.4 is 10.6 Å². The van der Waals surface area contributed by atoms with Crippen molar-refractivity contribution in [2.75, 3.05) is 5.32 Å². The van der Waals surface area contributed by atoms with Gasteiger partial charge in [0.25, 0.3) is 5.91 Å². The zero-order valence-corrected chi connectivity index (χ0v) is 12.5. The molecule has 2 aromatic carbocycles. The predicted octanol–water partition coefficient (Wildman–Crippen LogP) is 2.93. The fourth-order valence-electron chi connectivity index (χ4n) is 2.87. The fourth-order valence-corrected chi connectivity index (χ4v) is 2.87. The summed E-state index contributed by atoms with van der Waals surface area (Å²) >= 11 is 0. The molecule has 23 heavy (non-hydrogen) atoms. The van der Waals surface area contributed by atoms with Gasteiger partial charge >= 0.3 is 0 Å². The number of H-pyrrole nitrogens is 1. The second-order valence-corrected chi connectivity index (χ2v) is 5.57. The summed E-state index contributed by atoms with van der Waals surface area (Å²) in [6.45, 7) is 1.70. The molecule has 5 heteroatoms. The van der Waals surface area contributed by atoms with E-state index in [0.29, 0.717) is 5.56 Å². The van der Waals surface area contributed by atoms with Gasteiger partial charge in [0.1, 0.15) is 0 Å². The van der Waals surface area contributed by atoms with Gasteiger partial charge in [-0.3, -0.25) is 9.89 Å². The zero-order chi connectivity index (χ0) is 15.6. The number of para-hydroxylation sites is 1. The molecule has 1 aliphatic heterocycles. The highest BCUT2D eigenvalue weighted by Crippen LogP contribution is 2.27. The largest absolute Gasteiger partial charge is 0.321 e. The number of hydrogen-bond acceptors (Lipinski definition) is 3. The third-order valence-corrected chi connectivity index (χ3v) is 4.08. The minimum absolute atomic E-state index is 0.101. The van der Waals surface area contributed by atoms with E-state index in [0.717, 1.165) is 29.9 Å². The van der Waals surface area contributed by atoms with Crippen molar-refractivity contribution in [3.05, 3.63) is 71.5 Å². The molecule has 3 N–H and O–H groups in total. The quantitative estimate of drug-likeness (QED) is 0.697. The first kappa shape index (κ1) is 13.7. The number of aromatic nitrogens is 2. The van der Waals surface area contributed by atoms with Gasteiger partial charge in [-0.1, -0.05) is 24.3 Å². The third kappa shape index (κ3) is 2.62. The number of rotatable bonds is 3. The molecule has 1 aliphatic rings. The monoisotopic (exact) mass is 304 g/mol. The van der Waals surface area contributed by atoms with Gasteiger partial charge in [-0.25, -0.2) is 0 Å². The number of hydrogen-bond donors (Lipinski definition) is 3. The Bertz CT molecular complexity index is 855. The molecule has 0 saturated heterocycles. The van der Waals surface area contributed by atoms with Crippen LogP contribution >= 0.6 is 0 Å². The number of anilines is 1. The van der Waals surface area contributed by atoms with E-state index in [2.05, 4.69) is 20.8 Å². The van der Waals surface area contributed by atoms with Crippen LogP contribution in [0.3, 0.4) is 0 Å². The summed E-state index contributed by atoms with van der Waals surface area (Å²) in [7, 11) is 0. The van der Waals surface area contributed by atoms with Crippen molar-refractivity contribution in [1.82, 2.24) is 15.5 Å². The van der Waals surface area contributed by atoms with Gasteiger partial charge in [-0.15, -0.1) is 0 Å². The van der Waals surface area contributed by atoms with E-state index in [4.69, 9.17) is 0 Å². The van der Waals surface area contributed by atoms with E-state index in [1.807, 2.05) is 48.7 Å². The van der Waals surface area contributed by atoms with Gasteiger partial charge < -0.3 is 10.6 Å². The van der Waals surface area contributed by atoms with Gasteiger partial charge in [-0.2, -0.15) is 5.10 Å². The highest BCUT2D eigenvalue weighted by atomic mass is 16.1. The second kappa shape index (κ2) is 5.70. The van der Waals surface area contributed by atoms with Gasteiger partial charge in [0.2, 0.25) is 0 Å². The zero-order valence-electron chi connectivity index (χ0n) is 12.5. The standard InChI is InChI=1S/C18H16N4O/c23-18(12-5-6-13-8-19-9-14(13)7-12)22-17-4-2-1-3-16(17)15-10-20-21-11-15/h1-7,10-11,19H,8-9H2,(H,20,21)(H,22,23). The van der Waals surface area contributed by atoms with Crippen LogP contribution in [0.2, 0.25) is 0 Å². The molecule has 114 valence electrons. The van der Waals surface area contributed by atoms with E-state index in [1.165, 1.54) is 11.1 Å². The van der Waals surface area contributed by atoms with Crippen LogP contribution in [0.1, 0.15) is 21.5 Å². The number of nitrogens with zero attached hydrogens (tertiary/aromatic N) is 1. The Morgan fingerprint density at radius 3 is 2.83 bits per heavy atom. The maximum absolute atomic E-state index is 12.6. The van der Waals surface area contributed by atoms with Crippen LogP contribution in [0.25, 0.3) is 11.1 Å². The van der Waals surface area contributed by atoms with Crippen molar-refractivity contribution in [2.45, 2.75) is 13.1 Å². The van der Waals surface area contributed by atoms with Crippen LogP contribution in [0.15, 0.2) is 54.9 Å². The van der Waals surface area contributed by atoms with E-state index in [-0.39, 0.29) is 5.91 Å². The van der Waals surface area contributed by atoms with E-state index in [1.54, 1.807) is 6.20 Å². The van der Waals surface area contributed by atoms with Gasteiger partial charge in [0.05, 0.1) is 6.20 Å². The van der Waals surface area contributed by atoms with Crippen LogP contribution in [-0.4, -0.2) is 16.1 Å². The van der Waals surface area contributed by atoms with E-state index < -0.39 is 0 Å². The third-order valence-electron chi connectivity index (χ3n) is 4.08. The molecule has 5 nitrogen and oxygen atoms in total. The molecule has 0 unspecified atom stereocenters. The average molecular weight is 304 g/mol. The first-order chi connectivity index (χ1) is 11.3. The number of carbonyl (C=O) groups is 1. The Hall–Kier alpha value is -2.92. The summed E-state index contributed by atoms with van der Waals surface area (Å²) in [5.74, 6) is -0.101.